The zero-order valence-corrected chi connectivity index (χ0v) is 12.6. The van der Waals surface area contributed by atoms with Crippen LogP contribution in [0.15, 0.2) is 45.8 Å². The van der Waals surface area contributed by atoms with Crippen LogP contribution in [0.2, 0.25) is 0 Å². The first kappa shape index (κ1) is 14.1. The second kappa shape index (κ2) is 5.75. The zero-order chi connectivity index (χ0) is 14.0. The fourth-order valence-electron chi connectivity index (χ4n) is 1.64. The molecule has 0 radical (unpaired) electrons. The van der Waals surface area contributed by atoms with Crippen LogP contribution in [-0.2, 0) is 0 Å². The number of nitrogens with one attached hydrogen (secondary N) is 1. The number of benzene rings is 2. The number of anilines is 1. The number of carbonyl (C=O) groups excluding carboxylic acids is 1. The minimum atomic E-state index is -0.363. The fourth-order valence-corrected chi connectivity index (χ4v) is 2.29. The smallest absolute Gasteiger partial charge is 0.255 e. The maximum Gasteiger partial charge on any atom is 0.255 e. The third kappa shape index (κ3) is 3.36. The molecule has 1 N–H and O–H groups in total. The van der Waals surface area contributed by atoms with Crippen LogP contribution >= 0.6 is 28.6 Å². The fraction of sp³-hybridized carbons (Fsp3) is 0.0714. The van der Waals surface area contributed by atoms with E-state index >= 15 is 0 Å². The van der Waals surface area contributed by atoms with Gasteiger partial charge in [-0.05, 0) is 58.7 Å². The molecule has 0 heterocycles. The maximum atomic E-state index is 13.0. The summed E-state index contributed by atoms with van der Waals surface area (Å²) in [7, 11) is 0. The van der Waals surface area contributed by atoms with E-state index < -0.39 is 0 Å². The Kier molecular flexibility index (Phi) is 4.27. The molecule has 2 rings (SSSR count). The minimum Gasteiger partial charge on any atom is -0.321 e. The van der Waals surface area contributed by atoms with Crippen LogP contribution in [0.25, 0.3) is 0 Å². The Bertz CT molecular complexity index is 645. The highest BCUT2D eigenvalue weighted by Gasteiger charge is 2.11. The van der Waals surface area contributed by atoms with Crippen molar-refractivity contribution in [2.24, 2.45) is 0 Å². The molecule has 1 amide bonds. The Morgan fingerprint density at radius 3 is 2.68 bits per heavy atom. The van der Waals surface area contributed by atoms with Gasteiger partial charge >= 0.3 is 0 Å². The zero-order valence-electron chi connectivity index (χ0n) is 10.1. The number of aryl methyl sites for hydroxylation is 1. The summed E-state index contributed by atoms with van der Waals surface area (Å²) in [5.41, 5.74) is 1.92. The Balaban J connectivity index is 2.28. The molecule has 5 heteroatoms. The lowest BCUT2D eigenvalue weighted by atomic mass is 10.1. The van der Waals surface area contributed by atoms with E-state index in [0.29, 0.717) is 20.6 Å². The van der Waals surface area contributed by atoms with E-state index in [0.717, 1.165) is 5.56 Å². The standard InChI is InChI=1S/C14H11BrFNOS/c1-8-2-4-10(19)7-11(8)14(18)17-13-5-3-9(16)6-12(13)15/h2-7,19H,1H3,(H,17,18). The number of halogens is 2. The van der Waals surface area contributed by atoms with Crippen LogP contribution in [0.1, 0.15) is 15.9 Å². The first-order chi connectivity index (χ1) is 8.97. The largest absolute Gasteiger partial charge is 0.321 e. The monoisotopic (exact) mass is 339 g/mol. The molecule has 2 nitrogen and oxygen atoms in total. The van der Waals surface area contributed by atoms with Crippen LogP contribution in [-0.4, -0.2) is 5.91 Å². The summed E-state index contributed by atoms with van der Waals surface area (Å²) in [4.78, 5) is 12.9. The minimum absolute atomic E-state index is 0.249. The molecule has 0 saturated heterocycles. The molecule has 0 atom stereocenters. The summed E-state index contributed by atoms with van der Waals surface area (Å²) in [5.74, 6) is -0.612. The number of carbonyl (C=O) groups is 1. The van der Waals surface area contributed by atoms with Gasteiger partial charge in [0.25, 0.3) is 5.91 Å². The summed E-state index contributed by atoms with van der Waals surface area (Å²) < 4.78 is 13.5. The third-order valence-corrected chi connectivity index (χ3v) is 3.58. The number of hydrogen-bond acceptors (Lipinski definition) is 2. The SMILES string of the molecule is Cc1ccc(S)cc1C(=O)Nc1ccc(F)cc1Br. The quantitative estimate of drug-likeness (QED) is 0.778. The summed E-state index contributed by atoms with van der Waals surface area (Å²) >= 11 is 7.43. The van der Waals surface area contributed by atoms with Gasteiger partial charge in [-0.3, -0.25) is 4.79 Å². The highest BCUT2D eigenvalue weighted by atomic mass is 79.9. The number of amides is 1. The summed E-state index contributed by atoms with van der Waals surface area (Å²) in [6, 6.07) is 9.46. The van der Waals surface area contributed by atoms with Crippen molar-refractivity contribution in [3.63, 3.8) is 0 Å². The lowest BCUT2D eigenvalue weighted by Gasteiger charge is -2.10. The van der Waals surface area contributed by atoms with Crippen molar-refractivity contribution in [2.45, 2.75) is 11.8 Å². The highest BCUT2D eigenvalue weighted by Crippen LogP contribution is 2.24. The van der Waals surface area contributed by atoms with Gasteiger partial charge in [0, 0.05) is 14.9 Å². The van der Waals surface area contributed by atoms with E-state index in [-0.39, 0.29) is 11.7 Å². The molecular formula is C14H11BrFNOS. The van der Waals surface area contributed by atoms with Gasteiger partial charge in [-0.15, -0.1) is 12.6 Å². The van der Waals surface area contributed by atoms with Crippen molar-refractivity contribution in [3.05, 3.63) is 57.8 Å². The molecule has 0 unspecified atom stereocenters. The van der Waals surface area contributed by atoms with Gasteiger partial charge in [0.05, 0.1) is 5.69 Å². The Morgan fingerprint density at radius 1 is 1.26 bits per heavy atom. The summed E-state index contributed by atoms with van der Waals surface area (Å²) in [6.07, 6.45) is 0. The molecule has 2 aromatic rings. The van der Waals surface area contributed by atoms with Crippen molar-refractivity contribution in [1.82, 2.24) is 0 Å². The van der Waals surface area contributed by atoms with E-state index in [2.05, 4.69) is 33.9 Å². The number of hydrogen-bond donors (Lipinski definition) is 2. The lowest BCUT2D eigenvalue weighted by molar-refractivity contribution is 0.102. The van der Waals surface area contributed by atoms with E-state index in [9.17, 15) is 9.18 Å². The van der Waals surface area contributed by atoms with Crippen LogP contribution in [0.4, 0.5) is 10.1 Å². The number of rotatable bonds is 2. The van der Waals surface area contributed by atoms with Gasteiger partial charge in [-0.25, -0.2) is 4.39 Å². The molecule has 0 fully saturated rings. The van der Waals surface area contributed by atoms with Crippen molar-refractivity contribution in [2.75, 3.05) is 5.32 Å². The molecule has 2 aromatic carbocycles. The van der Waals surface area contributed by atoms with Crippen molar-refractivity contribution in [3.8, 4) is 0 Å². The van der Waals surface area contributed by atoms with Gasteiger partial charge in [0.15, 0.2) is 0 Å². The second-order valence-electron chi connectivity index (χ2n) is 4.08. The molecule has 0 bridgehead atoms. The molecule has 0 spiro atoms. The summed E-state index contributed by atoms with van der Waals surface area (Å²) in [5, 5.41) is 2.74. The predicted octanol–water partition coefficient (Wildman–Crippen LogP) is 4.44. The highest BCUT2D eigenvalue weighted by molar-refractivity contribution is 9.10. The Hall–Kier alpha value is -1.33. The lowest BCUT2D eigenvalue weighted by Crippen LogP contribution is -2.13. The van der Waals surface area contributed by atoms with Crippen LogP contribution in [0.5, 0.6) is 0 Å². The van der Waals surface area contributed by atoms with E-state index in [1.807, 2.05) is 19.1 Å². The van der Waals surface area contributed by atoms with E-state index in [1.165, 1.54) is 18.2 Å². The van der Waals surface area contributed by atoms with Gasteiger partial charge in [0.1, 0.15) is 5.82 Å². The van der Waals surface area contributed by atoms with E-state index in [1.54, 1.807) is 6.07 Å². The maximum absolute atomic E-state index is 13.0. The second-order valence-corrected chi connectivity index (χ2v) is 5.45. The molecule has 98 valence electrons. The molecule has 0 aliphatic rings. The molecular weight excluding hydrogens is 329 g/mol. The first-order valence-electron chi connectivity index (χ1n) is 5.53. The molecule has 0 aliphatic carbocycles. The molecule has 0 saturated carbocycles. The van der Waals surface area contributed by atoms with Crippen molar-refractivity contribution >= 4 is 40.2 Å². The summed E-state index contributed by atoms with van der Waals surface area (Å²) in [6.45, 7) is 1.85. The topological polar surface area (TPSA) is 29.1 Å². The molecule has 19 heavy (non-hydrogen) atoms. The molecule has 0 aliphatic heterocycles. The first-order valence-corrected chi connectivity index (χ1v) is 6.77. The average Bonchev–Trinajstić information content (AvgIpc) is 2.35. The van der Waals surface area contributed by atoms with Crippen LogP contribution in [0.3, 0.4) is 0 Å². The van der Waals surface area contributed by atoms with Gasteiger partial charge in [0.2, 0.25) is 0 Å². The number of thiol groups is 1. The van der Waals surface area contributed by atoms with Crippen LogP contribution in [0, 0.1) is 12.7 Å². The normalized spacial score (nSPS) is 10.3. The van der Waals surface area contributed by atoms with E-state index in [4.69, 9.17) is 0 Å². The third-order valence-electron chi connectivity index (χ3n) is 2.65. The average molecular weight is 340 g/mol. The van der Waals surface area contributed by atoms with Crippen molar-refractivity contribution < 1.29 is 9.18 Å². The Morgan fingerprint density at radius 2 is 2.00 bits per heavy atom. The van der Waals surface area contributed by atoms with Gasteiger partial charge in [-0.1, -0.05) is 6.07 Å². The van der Waals surface area contributed by atoms with Gasteiger partial charge in [-0.2, -0.15) is 0 Å². The Labute approximate surface area is 124 Å². The predicted molar refractivity (Wildman–Crippen MR) is 80.5 cm³/mol. The van der Waals surface area contributed by atoms with Crippen LogP contribution < -0.4 is 5.32 Å². The van der Waals surface area contributed by atoms with Crippen molar-refractivity contribution in [1.29, 1.82) is 0 Å². The molecule has 0 aromatic heterocycles. The van der Waals surface area contributed by atoms with Gasteiger partial charge < -0.3 is 5.32 Å².